The summed E-state index contributed by atoms with van der Waals surface area (Å²) < 4.78 is 48.0. The molecule has 5 nitrogen and oxygen atoms in total. The Bertz CT molecular complexity index is 1060. The summed E-state index contributed by atoms with van der Waals surface area (Å²) >= 11 is 0. The van der Waals surface area contributed by atoms with Crippen molar-refractivity contribution >= 4 is 5.82 Å². The molecule has 1 saturated carbocycles. The Morgan fingerprint density at radius 2 is 1.68 bits per heavy atom. The third-order valence-electron chi connectivity index (χ3n) is 7.77. The minimum atomic E-state index is -1.24. The minimum Gasteiger partial charge on any atom is -0.370 e. The second kappa shape index (κ2) is 8.19. The average molecular weight is 475 g/mol. The molecule has 2 saturated heterocycles. The maximum absolute atomic E-state index is 14.3. The number of nitrogens with two attached hydrogens (primary N) is 1. The van der Waals surface area contributed by atoms with E-state index in [1.807, 2.05) is 0 Å². The summed E-state index contributed by atoms with van der Waals surface area (Å²) in [5.41, 5.74) is 5.77. The smallest absolute Gasteiger partial charge is 0.168 e. The molecule has 5 rings (SSSR count). The van der Waals surface area contributed by atoms with E-state index in [1.165, 1.54) is 0 Å². The Morgan fingerprint density at radius 3 is 2.32 bits per heavy atom. The number of halogens is 3. The van der Waals surface area contributed by atoms with Crippen molar-refractivity contribution in [3.8, 4) is 11.3 Å². The zero-order valence-corrected chi connectivity index (χ0v) is 20.2. The van der Waals surface area contributed by atoms with Crippen LogP contribution in [0.2, 0.25) is 0 Å². The summed E-state index contributed by atoms with van der Waals surface area (Å²) in [7, 11) is 0. The predicted octanol–water partition coefficient (Wildman–Crippen LogP) is 5.09. The quantitative estimate of drug-likeness (QED) is 0.628. The van der Waals surface area contributed by atoms with Gasteiger partial charge in [0.25, 0.3) is 0 Å². The first-order valence-electron chi connectivity index (χ1n) is 12.1. The lowest BCUT2D eigenvalue weighted by molar-refractivity contribution is -0.176. The van der Waals surface area contributed by atoms with Crippen LogP contribution < -0.4 is 10.6 Å². The summed E-state index contributed by atoms with van der Waals surface area (Å²) in [5, 5.41) is 8.57. The van der Waals surface area contributed by atoms with Gasteiger partial charge in [-0.15, -0.1) is 10.2 Å². The molecule has 8 heteroatoms. The third-order valence-corrected chi connectivity index (χ3v) is 7.77. The van der Waals surface area contributed by atoms with E-state index in [-0.39, 0.29) is 34.5 Å². The lowest BCUT2D eigenvalue weighted by atomic mass is 9.73. The summed E-state index contributed by atoms with van der Waals surface area (Å²) in [5.74, 6) is -1.15. The number of ether oxygens (including phenoxy) is 1. The molecule has 4 atom stereocenters. The highest BCUT2D eigenvalue weighted by molar-refractivity contribution is 5.61. The normalized spacial score (nSPS) is 30.5. The lowest BCUT2D eigenvalue weighted by Gasteiger charge is -2.49. The van der Waals surface area contributed by atoms with Gasteiger partial charge in [-0.3, -0.25) is 0 Å². The van der Waals surface area contributed by atoms with Gasteiger partial charge in [0.1, 0.15) is 5.82 Å². The van der Waals surface area contributed by atoms with Crippen LogP contribution in [-0.4, -0.2) is 40.0 Å². The zero-order valence-electron chi connectivity index (χ0n) is 20.2. The number of nitrogens with zero attached hydrogens (tertiary/aromatic N) is 3. The third kappa shape index (κ3) is 4.31. The van der Waals surface area contributed by atoms with E-state index in [4.69, 9.17) is 10.5 Å². The fraction of sp³-hybridized carbons (Fsp3) is 0.615. The van der Waals surface area contributed by atoms with Gasteiger partial charge in [0.15, 0.2) is 17.5 Å². The van der Waals surface area contributed by atoms with Crippen LogP contribution in [0, 0.1) is 35.2 Å². The molecule has 0 bridgehead atoms. The molecule has 2 N–H and O–H groups in total. The molecule has 0 amide bonds. The largest absolute Gasteiger partial charge is 0.370 e. The van der Waals surface area contributed by atoms with Crippen LogP contribution in [0.15, 0.2) is 24.3 Å². The first-order chi connectivity index (χ1) is 15.9. The molecule has 1 aromatic heterocycles. The van der Waals surface area contributed by atoms with Crippen molar-refractivity contribution in [2.24, 2.45) is 23.5 Å². The Kier molecular flexibility index (Phi) is 5.67. The summed E-state index contributed by atoms with van der Waals surface area (Å²) in [6.45, 7) is 9.45. The van der Waals surface area contributed by atoms with Gasteiger partial charge in [0.05, 0.1) is 16.9 Å². The number of hydrogen-bond donors (Lipinski definition) is 1. The van der Waals surface area contributed by atoms with Crippen molar-refractivity contribution in [3.05, 3.63) is 41.7 Å². The topological polar surface area (TPSA) is 64.3 Å². The Balaban J connectivity index is 1.47. The van der Waals surface area contributed by atoms with Crippen LogP contribution in [0.4, 0.5) is 19.0 Å². The first kappa shape index (κ1) is 23.5. The first-order valence-corrected chi connectivity index (χ1v) is 12.1. The van der Waals surface area contributed by atoms with E-state index in [1.54, 1.807) is 12.1 Å². The van der Waals surface area contributed by atoms with Crippen LogP contribution >= 0.6 is 0 Å². The van der Waals surface area contributed by atoms with Gasteiger partial charge in [0, 0.05) is 30.3 Å². The fourth-order valence-corrected chi connectivity index (χ4v) is 7.06. The minimum absolute atomic E-state index is 0.103. The van der Waals surface area contributed by atoms with Gasteiger partial charge >= 0.3 is 0 Å². The zero-order chi connectivity index (χ0) is 24.4. The van der Waals surface area contributed by atoms with E-state index >= 15 is 0 Å². The molecule has 0 spiro atoms. The van der Waals surface area contributed by atoms with E-state index in [2.05, 4.69) is 42.8 Å². The van der Waals surface area contributed by atoms with Crippen LogP contribution in [-0.2, 0) is 4.74 Å². The van der Waals surface area contributed by atoms with Crippen molar-refractivity contribution in [1.82, 2.24) is 10.2 Å². The van der Waals surface area contributed by atoms with Crippen LogP contribution in [0.5, 0.6) is 0 Å². The molecule has 34 heavy (non-hydrogen) atoms. The van der Waals surface area contributed by atoms with Crippen molar-refractivity contribution in [1.29, 1.82) is 0 Å². The molecule has 184 valence electrons. The van der Waals surface area contributed by atoms with Gasteiger partial charge < -0.3 is 15.4 Å². The van der Waals surface area contributed by atoms with Crippen LogP contribution in [0.3, 0.4) is 0 Å². The Morgan fingerprint density at radius 1 is 0.971 bits per heavy atom. The van der Waals surface area contributed by atoms with E-state index in [9.17, 15) is 13.2 Å². The van der Waals surface area contributed by atoms with Crippen LogP contribution in [0.25, 0.3) is 11.3 Å². The number of anilines is 1. The van der Waals surface area contributed by atoms with Crippen molar-refractivity contribution in [2.45, 2.75) is 76.7 Å². The molecule has 0 unspecified atom stereocenters. The molecule has 0 radical (unpaired) electrons. The molecule has 1 aromatic carbocycles. The lowest BCUT2D eigenvalue weighted by Crippen LogP contribution is -2.52. The Hall–Kier alpha value is -2.19. The van der Waals surface area contributed by atoms with Crippen molar-refractivity contribution < 1.29 is 17.9 Å². The van der Waals surface area contributed by atoms with Crippen molar-refractivity contribution in [3.63, 3.8) is 0 Å². The van der Waals surface area contributed by atoms with Gasteiger partial charge in [-0.1, -0.05) is 0 Å². The summed E-state index contributed by atoms with van der Waals surface area (Å²) in [6.07, 6.45) is 3.86. The second-order valence-corrected chi connectivity index (χ2v) is 11.6. The van der Waals surface area contributed by atoms with Gasteiger partial charge in [0.2, 0.25) is 0 Å². The van der Waals surface area contributed by atoms with Crippen LogP contribution in [0.1, 0.15) is 53.4 Å². The number of hydrogen-bond acceptors (Lipinski definition) is 5. The van der Waals surface area contributed by atoms with Crippen molar-refractivity contribution in [2.75, 3.05) is 11.4 Å². The molecular weight excluding hydrogens is 441 g/mol. The number of rotatable bonds is 3. The number of fused-ring (bicyclic) bond motifs is 1. The van der Waals surface area contributed by atoms with E-state index < -0.39 is 17.5 Å². The summed E-state index contributed by atoms with van der Waals surface area (Å²) in [4.78, 5) is 2.34. The van der Waals surface area contributed by atoms with Gasteiger partial charge in [-0.25, -0.2) is 13.2 Å². The molecule has 2 aromatic rings. The van der Waals surface area contributed by atoms with E-state index in [0.29, 0.717) is 29.6 Å². The number of benzene rings is 1. The maximum Gasteiger partial charge on any atom is 0.168 e. The molecule has 1 aliphatic carbocycles. The average Bonchev–Trinajstić information content (AvgIpc) is 3.24. The standard InChI is InChI=1S/C26H33F3N4O/c1-25(2)11-15(12-26(3,4)34-25)24-18-10-17(30)7-14(18)13-33(24)22-6-5-21(31-32-22)19-8-16(27)9-20(28)23(19)29/h5-6,8-9,14-15,17-18,24H,7,10-13,30H2,1-4H3/t14-,17+,18+,24+/m1/s1. The fourth-order valence-electron chi connectivity index (χ4n) is 7.06. The van der Waals surface area contributed by atoms with Gasteiger partial charge in [-0.2, -0.15) is 0 Å². The molecule has 2 aliphatic heterocycles. The SMILES string of the molecule is CC1(C)CC([C@H]2[C@H]3C[C@@H](N)C[C@@H]3CN2c2ccc(-c3cc(F)cc(F)c3F)nn2)CC(C)(C)O1. The molecule has 3 heterocycles. The second-order valence-electron chi connectivity index (χ2n) is 11.6. The molecule has 3 aliphatic rings. The maximum atomic E-state index is 14.3. The highest BCUT2D eigenvalue weighted by atomic mass is 19.2. The highest BCUT2D eigenvalue weighted by Gasteiger charge is 2.53. The molecular formula is C26H33F3N4O. The number of aromatic nitrogens is 2. The highest BCUT2D eigenvalue weighted by Crippen LogP contribution is 2.51. The summed E-state index contributed by atoms with van der Waals surface area (Å²) in [6, 6.07) is 5.32. The Labute approximate surface area is 198 Å². The van der Waals surface area contributed by atoms with E-state index in [0.717, 1.165) is 38.3 Å². The predicted molar refractivity (Wildman–Crippen MR) is 125 cm³/mol. The molecule has 3 fully saturated rings. The monoisotopic (exact) mass is 474 g/mol. The van der Waals surface area contributed by atoms with Gasteiger partial charge in [-0.05, 0) is 89.3 Å².